The zero-order valence-corrected chi connectivity index (χ0v) is 13.7. The number of aromatic nitrogens is 3. The molecule has 1 heterocycles. The molecule has 24 heavy (non-hydrogen) atoms. The Kier molecular flexibility index (Phi) is 7.09. The van der Waals surface area contributed by atoms with Gasteiger partial charge in [0.1, 0.15) is 12.9 Å². The highest BCUT2D eigenvalue weighted by atomic mass is 32.2. The van der Waals surface area contributed by atoms with E-state index >= 15 is 0 Å². The number of carbonyl (C=O) groups is 2. The first-order valence-electron chi connectivity index (χ1n) is 7.35. The van der Waals surface area contributed by atoms with E-state index in [0.717, 1.165) is 5.56 Å². The van der Waals surface area contributed by atoms with Crippen LogP contribution in [0.25, 0.3) is 0 Å². The minimum absolute atomic E-state index is 0.0335. The molecule has 2 aromatic rings. The van der Waals surface area contributed by atoms with Crippen LogP contribution in [0.2, 0.25) is 0 Å². The first-order valence-corrected chi connectivity index (χ1v) is 8.23. The summed E-state index contributed by atoms with van der Waals surface area (Å²) in [5.41, 5.74) is 0.886. The van der Waals surface area contributed by atoms with Crippen LogP contribution in [0.5, 0.6) is 0 Å². The highest BCUT2D eigenvalue weighted by molar-refractivity contribution is 7.99. The van der Waals surface area contributed by atoms with Crippen molar-refractivity contribution in [1.29, 1.82) is 0 Å². The maximum atomic E-state index is 11.9. The zero-order chi connectivity index (χ0) is 17.2. The number of benzene rings is 1. The summed E-state index contributed by atoms with van der Waals surface area (Å²) in [5, 5.41) is 18.0. The number of nitrogens with zero attached hydrogens (tertiary/aromatic N) is 2. The van der Waals surface area contributed by atoms with Crippen LogP contribution < -0.4 is 5.32 Å². The molecule has 0 aliphatic heterocycles. The van der Waals surface area contributed by atoms with Gasteiger partial charge >= 0.3 is 12.1 Å². The van der Waals surface area contributed by atoms with Crippen molar-refractivity contribution in [2.24, 2.45) is 0 Å². The lowest BCUT2D eigenvalue weighted by atomic mass is 10.2. The summed E-state index contributed by atoms with van der Waals surface area (Å²) in [6, 6.07) is 9.34. The van der Waals surface area contributed by atoms with Crippen molar-refractivity contribution < 1.29 is 19.4 Å². The molecule has 2 rings (SSSR count). The Morgan fingerprint density at radius 3 is 2.79 bits per heavy atom. The Morgan fingerprint density at radius 1 is 1.33 bits per heavy atom. The Bertz CT molecular complexity index is 636. The first-order chi connectivity index (χ1) is 11.6. The second-order valence-corrected chi connectivity index (χ2v) is 6.05. The number of hydrogen-bond donors (Lipinski definition) is 3. The molecule has 8 nitrogen and oxygen atoms in total. The van der Waals surface area contributed by atoms with Crippen molar-refractivity contribution in [3.05, 3.63) is 42.2 Å². The quantitative estimate of drug-likeness (QED) is 0.469. The molecular weight excluding hydrogens is 332 g/mol. The summed E-state index contributed by atoms with van der Waals surface area (Å²) in [4.78, 5) is 26.6. The van der Waals surface area contributed by atoms with Crippen LogP contribution in [-0.2, 0) is 16.1 Å². The molecule has 0 radical (unpaired) electrons. The molecule has 1 atom stereocenters. The monoisotopic (exact) mass is 350 g/mol. The Labute approximate surface area is 143 Å². The van der Waals surface area contributed by atoms with E-state index in [0.29, 0.717) is 18.0 Å². The van der Waals surface area contributed by atoms with Gasteiger partial charge < -0.3 is 15.2 Å². The number of amides is 1. The molecule has 1 amide bonds. The molecule has 0 spiro atoms. The normalized spacial score (nSPS) is 11.7. The maximum Gasteiger partial charge on any atom is 0.408 e. The predicted octanol–water partition coefficient (Wildman–Crippen LogP) is 2.40. The number of carboxylic acids is 1. The number of aliphatic carboxylic acids is 1. The first kappa shape index (κ1) is 17.8. The van der Waals surface area contributed by atoms with Crippen LogP contribution in [0, 0.1) is 0 Å². The van der Waals surface area contributed by atoms with E-state index in [1.807, 2.05) is 30.3 Å². The number of H-pyrrole nitrogens is 1. The summed E-state index contributed by atoms with van der Waals surface area (Å²) in [5.74, 6) is -0.872. The van der Waals surface area contributed by atoms with Crippen molar-refractivity contribution in [1.82, 2.24) is 20.5 Å². The van der Waals surface area contributed by atoms with Crippen LogP contribution in [0.4, 0.5) is 4.79 Å². The summed E-state index contributed by atoms with van der Waals surface area (Å²) in [6.45, 7) is 0.167. The maximum absolute atomic E-state index is 11.9. The lowest BCUT2D eigenvalue weighted by molar-refractivity contribution is -0.137. The Balaban J connectivity index is 1.83. The van der Waals surface area contributed by atoms with E-state index < -0.39 is 12.1 Å². The highest BCUT2D eigenvalue weighted by Gasteiger charge is 2.17. The standard InChI is InChI=1S/C15H18N4O4S/c20-13(21)8-4-7-12(24-14-16-10-17-19-14)18-15(22)23-9-11-5-2-1-3-6-11/h1-3,5-6,10,12H,4,7-9H2,(H,18,22)(H,20,21)(H,16,17,19). The van der Waals surface area contributed by atoms with Gasteiger partial charge in [0.15, 0.2) is 0 Å². The fourth-order valence-electron chi connectivity index (χ4n) is 1.88. The SMILES string of the molecule is O=C(O)CCCC(NC(=O)OCc1ccccc1)Sc1nc[nH]n1. The number of ether oxygens (including phenoxy) is 1. The zero-order valence-electron chi connectivity index (χ0n) is 12.8. The molecule has 9 heteroatoms. The molecule has 0 aliphatic carbocycles. The fraction of sp³-hybridized carbons (Fsp3) is 0.333. The lowest BCUT2D eigenvalue weighted by Crippen LogP contribution is -2.33. The lowest BCUT2D eigenvalue weighted by Gasteiger charge is -2.16. The summed E-state index contributed by atoms with van der Waals surface area (Å²) >= 11 is 1.24. The third kappa shape index (κ3) is 6.69. The number of thioether (sulfide) groups is 1. The third-order valence-electron chi connectivity index (χ3n) is 2.99. The van der Waals surface area contributed by atoms with E-state index in [9.17, 15) is 9.59 Å². The van der Waals surface area contributed by atoms with Gasteiger partial charge in [0.2, 0.25) is 5.16 Å². The van der Waals surface area contributed by atoms with E-state index in [-0.39, 0.29) is 18.4 Å². The molecule has 1 aromatic heterocycles. The van der Waals surface area contributed by atoms with Gasteiger partial charge in [-0.3, -0.25) is 9.89 Å². The number of nitrogens with one attached hydrogen (secondary N) is 2. The number of aromatic amines is 1. The van der Waals surface area contributed by atoms with Crippen LogP contribution in [-0.4, -0.2) is 37.7 Å². The summed E-state index contributed by atoms with van der Waals surface area (Å²) in [7, 11) is 0. The van der Waals surface area contributed by atoms with Gasteiger partial charge in [-0.2, -0.15) is 0 Å². The van der Waals surface area contributed by atoms with Crippen LogP contribution in [0.15, 0.2) is 41.8 Å². The predicted molar refractivity (Wildman–Crippen MR) is 87.3 cm³/mol. The van der Waals surface area contributed by atoms with Gasteiger partial charge in [0.25, 0.3) is 0 Å². The van der Waals surface area contributed by atoms with Crippen molar-refractivity contribution in [3.8, 4) is 0 Å². The fourth-order valence-corrected chi connectivity index (χ4v) is 2.79. The van der Waals surface area contributed by atoms with Crippen molar-refractivity contribution >= 4 is 23.8 Å². The number of alkyl carbamates (subject to hydrolysis) is 1. The van der Waals surface area contributed by atoms with Gasteiger partial charge in [0, 0.05) is 6.42 Å². The van der Waals surface area contributed by atoms with Crippen LogP contribution in [0.3, 0.4) is 0 Å². The van der Waals surface area contributed by atoms with Gasteiger partial charge in [-0.05, 0) is 18.4 Å². The van der Waals surface area contributed by atoms with Gasteiger partial charge in [0.05, 0.1) is 5.37 Å². The molecule has 0 saturated heterocycles. The average molecular weight is 350 g/mol. The second kappa shape index (κ2) is 9.56. The Hall–Kier alpha value is -2.55. The average Bonchev–Trinajstić information content (AvgIpc) is 3.06. The molecule has 128 valence electrons. The van der Waals surface area contributed by atoms with Crippen LogP contribution in [0.1, 0.15) is 24.8 Å². The largest absolute Gasteiger partial charge is 0.481 e. The van der Waals surface area contributed by atoms with E-state index in [1.165, 1.54) is 18.1 Å². The Morgan fingerprint density at radius 2 is 2.12 bits per heavy atom. The third-order valence-corrected chi connectivity index (χ3v) is 4.03. The molecule has 3 N–H and O–H groups in total. The number of rotatable bonds is 9. The van der Waals surface area contributed by atoms with Gasteiger partial charge in [-0.15, -0.1) is 5.10 Å². The molecule has 0 saturated carbocycles. The summed E-state index contributed by atoms with van der Waals surface area (Å²) in [6.07, 6.45) is 1.79. The highest BCUT2D eigenvalue weighted by Crippen LogP contribution is 2.21. The van der Waals surface area contributed by atoms with Crippen molar-refractivity contribution in [2.75, 3.05) is 0 Å². The van der Waals surface area contributed by atoms with E-state index in [1.54, 1.807) is 0 Å². The number of carboxylic acid groups (broad SMARTS) is 1. The van der Waals surface area contributed by atoms with Crippen LogP contribution >= 0.6 is 11.8 Å². The second-order valence-electron chi connectivity index (χ2n) is 4.88. The molecule has 1 aromatic carbocycles. The van der Waals surface area contributed by atoms with Gasteiger partial charge in [-0.25, -0.2) is 9.78 Å². The summed E-state index contributed by atoms with van der Waals surface area (Å²) < 4.78 is 5.18. The van der Waals surface area contributed by atoms with Crippen molar-refractivity contribution in [2.45, 2.75) is 36.4 Å². The minimum atomic E-state index is -0.872. The van der Waals surface area contributed by atoms with Crippen molar-refractivity contribution in [3.63, 3.8) is 0 Å². The molecule has 1 unspecified atom stereocenters. The number of carbonyl (C=O) groups excluding carboxylic acids is 1. The molecule has 0 fully saturated rings. The van der Waals surface area contributed by atoms with E-state index in [4.69, 9.17) is 9.84 Å². The molecule has 0 aliphatic rings. The molecule has 0 bridgehead atoms. The van der Waals surface area contributed by atoms with E-state index in [2.05, 4.69) is 20.5 Å². The van der Waals surface area contributed by atoms with Gasteiger partial charge in [-0.1, -0.05) is 42.1 Å². The smallest absolute Gasteiger partial charge is 0.408 e. The minimum Gasteiger partial charge on any atom is -0.481 e. The molecular formula is C15H18N4O4S. The topological polar surface area (TPSA) is 117 Å². The number of hydrogen-bond acceptors (Lipinski definition) is 6.